The molecule has 9 nitrogen and oxygen atoms in total. The lowest BCUT2D eigenvalue weighted by molar-refractivity contribution is -0.0511. The molecule has 4 atom stereocenters. The van der Waals surface area contributed by atoms with Crippen LogP contribution in [0.25, 0.3) is 11.2 Å². The predicted octanol–water partition coefficient (Wildman–Crippen LogP) is 1.36. The van der Waals surface area contributed by atoms with Gasteiger partial charge in [-0.15, -0.1) is 0 Å². The van der Waals surface area contributed by atoms with E-state index in [1.807, 2.05) is 12.1 Å². The molecule has 1 aliphatic rings. The number of imidazole rings is 1. The Balaban J connectivity index is 1.64. The van der Waals surface area contributed by atoms with Crippen LogP contribution in [0.5, 0.6) is 0 Å². The first kappa shape index (κ1) is 19.3. The van der Waals surface area contributed by atoms with Crippen LogP contribution in [0.2, 0.25) is 10.3 Å². The molecule has 11 heteroatoms. The zero-order valence-corrected chi connectivity index (χ0v) is 15.9. The number of nitrogens with zero attached hydrogens (tertiary/aromatic N) is 4. The van der Waals surface area contributed by atoms with Crippen molar-refractivity contribution in [1.29, 1.82) is 0 Å². The second kappa shape index (κ2) is 7.78. The Morgan fingerprint density at radius 1 is 1.11 bits per heavy atom. The molecule has 1 aromatic carbocycles. The molecule has 0 aliphatic carbocycles. The van der Waals surface area contributed by atoms with Crippen LogP contribution in [-0.4, -0.2) is 59.8 Å². The van der Waals surface area contributed by atoms with E-state index in [1.54, 1.807) is 12.1 Å². The summed E-state index contributed by atoms with van der Waals surface area (Å²) in [5.74, 6) is 0.412. The summed E-state index contributed by atoms with van der Waals surface area (Å²) in [5, 5.41) is 33.3. The lowest BCUT2D eigenvalue weighted by Crippen LogP contribution is -2.33. The fourth-order valence-electron chi connectivity index (χ4n) is 3.10. The van der Waals surface area contributed by atoms with Gasteiger partial charge < -0.3 is 25.4 Å². The van der Waals surface area contributed by atoms with Gasteiger partial charge in [-0.2, -0.15) is 9.97 Å². The van der Waals surface area contributed by atoms with Gasteiger partial charge in [-0.05, 0) is 29.3 Å². The number of benzene rings is 1. The van der Waals surface area contributed by atoms with Crippen LogP contribution in [0.4, 0.5) is 5.82 Å². The van der Waals surface area contributed by atoms with E-state index in [-0.39, 0.29) is 5.28 Å². The third kappa shape index (κ3) is 3.52. The van der Waals surface area contributed by atoms with Gasteiger partial charge in [0.2, 0.25) is 5.28 Å². The second-order valence-corrected chi connectivity index (χ2v) is 7.15. The fraction of sp³-hybridized carbons (Fsp3) is 0.353. The van der Waals surface area contributed by atoms with Gasteiger partial charge in [0.05, 0.1) is 12.9 Å². The first-order chi connectivity index (χ1) is 13.5. The molecule has 28 heavy (non-hydrogen) atoms. The Kier molecular flexibility index (Phi) is 5.37. The summed E-state index contributed by atoms with van der Waals surface area (Å²) in [6.45, 7) is 0.0331. The summed E-state index contributed by atoms with van der Waals surface area (Å²) in [5.41, 5.74) is 1.74. The molecule has 4 rings (SSSR count). The highest BCUT2D eigenvalue weighted by Gasteiger charge is 2.44. The topological polar surface area (TPSA) is 126 Å². The maximum Gasteiger partial charge on any atom is 0.226 e. The lowest BCUT2D eigenvalue weighted by atomic mass is 10.1. The van der Waals surface area contributed by atoms with Gasteiger partial charge in [0, 0.05) is 11.6 Å². The van der Waals surface area contributed by atoms with E-state index in [0.29, 0.717) is 28.5 Å². The maximum atomic E-state index is 10.3. The van der Waals surface area contributed by atoms with E-state index >= 15 is 0 Å². The molecule has 1 fully saturated rings. The number of anilines is 1. The summed E-state index contributed by atoms with van der Waals surface area (Å²) < 4.78 is 7.00. The summed E-state index contributed by atoms with van der Waals surface area (Å²) in [4.78, 5) is 12.7. The monoisotopic (exact) mass is 425 g/mol. The maximum absolute atomic E-state index is 10.3. The van der Waals surface area contributed by atoms with Gasteiger partial charge in [-0.1, -0.05) is 23.7 Å². The summed E-state index contributed by atoms with van der Waals surface area (Å²) in [6, 6.07) is 7.34. The fourth-order valence-corrected chi connectivity index (χ4v) is 3.39. The Morgan fingerprint density at radius 2 is 1.86 bits per heavy atom. The average molecular weight is 426 g/mol. The van der Waals surface area contributed by atoms with Crippen molar-refractivity contribution in [2.24, 2.45) is 0 Å². The number of rotatable bonds is 5. The van der Waals surface area contributed by atoms with Crippen molar-refractivity contribution in [1.82, 2.24) is 19.5 Å². The molecule has 4 N–H and O–H groups in total. The quantitative estimate of drug-likeness (QED) is 0.451. The third-order valence-corrected chi connectivity index (χ3v) is 4.98. The van der Waals surface area contributed by atoms with Gasteiger partial charge in [-0.3, -0.25) is 4.57 Å². The highest BCUT2D eigenvalue weighted by atomic mass is 35.5. The largest absolute Gasteiger partial charge is 0.394 e. The van der Waals surface area contributed by atoms with E-state index in [1.165, 1.54) is 10.9 Å². The van der Waals surface area contributed by atoms with Crippen LogP contribution in [-0.2, 0) is 11.3 Å². The SMILES string of the molecule is OC[C@H]1O[C@@H](n2cnc3c(NCc4ccc(Cl)cc4)nc(Cl)nc32)[C@H](O)[C@@H]1O. The van der Waals surface area contributed by atoms with Gasteiger partial charge in [-0.25, -0.2) is 4.98 Å². The molecule has 3 aromatic rings. The minimum absolute atomic E-state index is 0.0143. The van der Waals surface area contributed by atoms with Crippen molar-refractivity contribution in [2.75, 3.05) is 11.9 Å². The number of halogens is 2. The van der Waals surface area contributed by atoms with Gasteiger partial charge in [0.1, 0.15) is 18.3 Å². The molecule has 148 valence electrons. The summed E-state index contributed by atoms with van der Waals surface area (Å²) >= 11 is 12.0. The van der Waals surface area contributed by atoms with E-state index in [9.17, 15) is 15.3 Å². The molecule has 3 heterocycles. The molecule has 0 spiro atoms. The van der Waals surface area contributed by atoms with Crippen LogP contribution in [0, 0.1) is 0 Å². The van der Waals surface area contributed by atoms with Crippen molar-refractivity contribution < 1.29 is 20.1 Å². The molecule has 1 saturated heterocycles. The zero-order chi connectivity index (χ0) is 19.8. The van der Waals surface area contributed by atoms with E-state index in [4.69, 9.17) is 27.9 Å². The minimum atomic E-state index is -1.26. The molecule has 0 radical (unpaired) electrons. The first-order valence-corrected chi connectivity index (χ1v) is 9.24. The molecule has 2 aromatic heterocycles. The average Bonchev–Trinajstić information content (AvgIpc) is 3.22. The van der Waals surface area contributed by atoms with E-state index < -0.39 is 31.1 Å². The van der Waals surface area contributed by atoms with Crippen LogP contribution < -0.4 is 5.32 Å². The minimum Gasteiger partial charge on any atom is -0.394 e. The number of ether oxygens (including phenoxy) is 1. The van der Waals surface area contributed by atoms with Crippen molar-refractivity contribution in [3.05, 3.63) is 46.5 Å². The molecule has 0 unspecified atom stereocenters. The number of nitrogens with one attached hydrogen (secondary N) is 1. The molecule has 0 bridgehead atoms. The van der Waals surface area contributed by atoms with Crippen LogP contribution in [0.3, 0.4) is 0 Å². The Hall–Kier alpha value is -2.01. The van der Waals surface area contributed by atoms with Crippen LogP contribution in [0.1, 0.15) is 11.8 Å². The smallest absolute Gasteiger partial charge is 0.226 e. The Bertz CT molecular complexity index is 984. The molecule has 0 saturated carbocycles. The number of hydrogen-bond acceptors (Lipinski definition) is 8. The normalized spacial score (nSPS) is 24.8. The highest BCUT2D eigenvalue weighted by Crippen LogP contribution is 2.32. The van der Waals surface area contributed by atoms with E-state index in [2.05, 4.69) is 20.3 Å². The van der Waals surface area contributed by atoms with Crippen molar-refractivity contribution >= 4 is 40.2 Å². The second-order valence-electron chi connectivity index (χ2n) is 6.37. The standard InChI is InChI=1S/C17H17Cl2N5O4/c18-9-3-1-8(2-4-9)5-20-14-11-15(23-17(19)22-14)24(7-21-11)16-13(27)12(26)10(6-25)28-16/h1-4,7,10,12-13,16,25-27H,5-6H2,(H,20,22,23)/t10-,12-,13-,16-/m1/s1. The van der Waals surface area contributed by atoms with Crippen LogP contribution >= 0.6 is 23.2 Å². The number of fused-ring (bicyclic) bond motifs is 1. The number of aromatic nitrogens is 4. The van der Waals surface area contributed by atoms with E-state index in [0.717, 1.165) is 5.56 Å². The predicted molar refractivity (Wildman–Crippen MR) is 102 cm³/mol. The summed E-state index contributed by atoms with van der Waals surface area (Å²) in [6.07, 6.45) is -2.94. The first-order valence-electron chi connectivity index (χ1n) is 8.48. The lowest BCUT2D eigenvalue weighted by Gasteiger charge is -2.16. The molecular weight excluding hydrogens is 409 g/mol. The van der Waals surface area contributed by atoms with Crippen molar-refractivity contribution in [2.45, 2.75) is 31.1 Å². The Labute approximate surface area is 169 Å². The molecular formula is C17H17Cl2N5O4. The van der Waals surface area contributed by atoms with Crippen LogP contribution in [0.15, 0.2) is 30.6 Å². The number of aliphatic hydroxyl groups excluding tert-OH is 3. The number of hydrogen-bond donors (Lipinski definition) is 4. The Morgan fingerprint density at radius 3 is 2.54 bits per heavy atom. The van der Waals surface area contributed by atoms with Crippen molar-refractivity contribution in [3.63, 3.8) is 0 Å². The zero-order valence-electron chi connectivity index (χ0n) is 14.4. The molecule has 1 aliphatic heterocycles. The summed E-state index contributed by atoms with van der Waals surface area (Å²) in [7, 11) is 0. The van der Waals surface area contributed by atoms with Gasteiger partial charge in [0.15, 0.2) is 23.2 Å². The number of aliphatic hydroxyl groups is 3. The van der Waals surface area contributed by atoms with Crippen molar-refractivity contribution in [3.8, 4) is 0 Å². The van der Waals surface area contributed by atoms with Gasteiger partial charge in [0.25, 0.3) is 0 Å². The third-order valence-electron chi connectivity index (χ3n) is 4.56. The highest BCUT2D eigenvalue weighted by molar-refractivity contribution is 6.30. The molecule has 0 amide bonds. The van der Waals surface area contributed by atoms with Gasteiger partial charge >= 0.3 is 0 Å².